The van der Waals surface area contributed by atoms with Gasteiger partial charge in [0, 0.05) is 25.2 Å². The minimum absolute atomic E-state index is 0.0968. The molecule has 0 radical (unpaired) electrons. The molecule has 3 heteroatoms. The van der Waals surface area contributed by atoms with Gasteiger partial charge in [0.2, 0.25) is 0 Å². The highest BCUT2D eigenvalue weighted by atomic mass is 16.3. The van der Waals surface area contributed by atoms with Crippen molar-refractivity contribution in [2.24, 2.45) is 11.8 Å². The van der Waals surface area contributed by atoms with E-state index in [1.807, 2.05) is 0 Å². The van der Waals surface area contributed by atoms with Gasteiger partial charge in [-0.05, 0) is 50.6 Å². The van der Waals surface area contributed by atoms with Crippen LogP contribution in [0.4, 0.5) is 0 Å². The minimum atomic E-state index is -0.0968. The van der Waals surface area contributed by atoms with Crippen LogP contribution in [0.15, 0.2) is 0 Å². The lowest BCUT2D eigenvalue weighted by atomic mass is 9.77. The fraction of sp³-hybridized carbons (Fsp3) is 1.00. The van der Waals surface area contributed by atoms with E-state index >= 15 is 0 Å². The molecule has 1 saturated heterocycles. The Morgan fingerprint density at radius 2 is 1.85 bits per heavy atom. The molecule has 0 bridgehead atoms. The van der Waals surface area contributed by atoms with Crippen molar-refractivity contribution in [1.29, 1.82) is 0 Å². The van der Waals surface area contributed by atoms with Crippen molar-refractivity contribution in [2.45, 2.75) is 71.6 Å². The Labute approximate surface area is 125 Å². The number of rotatable bonds is 5. The molecule has 0 aromatic heterocycles. The summed E-state index contributed by atoms with van der Waals surface area (Å²) < 4.78 is 0. The Morgan fingerprint density at radius 3 is 2.45 bits per heavy atom. The van der Waals surface area contributed by atoms with Gasteiger partial charge < -0.3 is 5.11 Å². The van der Waals surface area contributed by atoms with E-state index in [-0.39, 0.29) is 6.10 Å². The summed E-state index contributed by atoms with van der Waals surface area (Å²) in [7, 11) is 0. The standard InChI is InChI=1S/C17H34N2O/c1-5-18(6-2)15-9-10-19(12-15)16-11-14(13(3)4)7-8-17(16)20/h13-17,20H,5-12H2,1-4H3. The van der Waals surface area contributed by atoms with Gasteiger partial charge in [0.1, 0.15) is 0 Å². The smallest absolute Gasteiger partial charge is 0.0695 e. The Balaban J connectivity index is 1.94. The van der Waals surface area contributed by atoms with Crippen LogP contribution in [0.1, 0.15) is 53.4 Å². The summed E-state index contributed by atoms with van der Waals surface area (Å²) in [5, 5.41) is 10.4. The highest BCUT2D eigenvalue weighted by molar-refractivity contribution is 4.93. The van der Waals surface area contributed by atoms with E-state index in [0.717, 1.165) is 37.9 Å². The maximum atomic E-state index is 10.4. The molecule has 4 atom stereocenters. The fourth-order valence-electron chi connectivity index (χ4n) is 4.27. The predicted molar refractivity (Wildman–Crippen MR) is 84.9 cm³/mol. The van der Waals surface area contributed by atoms with E-state index in [1.54, 1.807) is 0 Å². The summed E-state index contributed by atoms with van der Waals surface area (Å²) >= 11 is 0. The highest BCUT2D eigenvalue weighted by Gasteiger charge is 2.38. The van der Waals surface area contributed by atoms with Gasteiger partial charge in [-0.15, -0.1) is 0 Å². The first-order valence-corrected chi connectivity index (χ1v) is 8.72. The first-order valence-electron chi connectivity index (χ1n) is 8.72. The number of aliphatic hydroxyl groups excluding tert-OH is 1. The lowest BCUT2D eigenvalue weighted by Gasteiger charge is -2.40. The van der Waals surface area contributed by atoms with Crippen LogP contribution in [0.25, 0.3) is 0 Å². The third kappa shape index (κ3) is 3.55. The van der Waals surface area contributed by atoms with E-state index < -0.39 is 0 Å². The molecular weight excluding hydrogens is 248 g/mol. The van der Waals surface area contributed by atoms with Crippen molar-refractivity contribution in [1.82, 2.24) is 9.80 Å². The van der Waals surface area contributed by atoms with Crippen LogP contribution in [-0.4, -0.2) is 59.3 Å². The number of likely N-dealkylation sites (tertiary alicyclic amines) is 1. The van der Waals surface area contributed by atoms with Crippen molar-refractivity contribution in [3.63, 3.8) is 0 Å². The summed E-state index contributed by atoms with van der Waals surface area (Å²) in [4.78, 5) is 5.16. The maximum absolute atomic E-state index is 10.4. The number of aliphatic hydroxyl groups is 1. The first kappa shape index (κ1) is 16.3. The van der Waals surface area contributed by atoms with Crippen LogP contribution in [0.2, 0.25) is 0 Å². The second kappa shape index (κ2) is 7.24. The molecule has 1 saturated carbocycles. The second-order valence-electron chi connectivity index (χ2n) is 7.11. The third-order valence-electron chi connectivity index (χ3n) is 5.76. The van der Waals surface area contributed by atoms with Crippen LogP contribution >= 0.6 is 0 Å². The van der Waals surface area contributed by atoms with Gasteiger partial charge in [-0.2, -0.15) is 0 Å². The zero-order chi connectivity index (χ0) is 14.7. The Kier molecular flexibility index (Phi) is 5.88. The second-order valence-corrected chi connectivity index (χ2v) is 7.11. The molecule has 3 nitrogen and oxygen atoms in total. The molecule has 2 rings (SSSR count). The lowest BCUT2D eigenvalue weighted by molar-refractivity contribution is 0.00244. The number of nitrogens with zero attached hydrogens (tertiary/aromatic N) is 2. The fourth-order valence-corrected chi connectivity index (χ4v) is 4.27. The zero-order valence-electron chi connectivity index (χ0n) is 13.9. The number of likely N-dealkylation sites (N-methyl/N-ethyl adjacent to an activating group) is 1. The molecule has 1 aliphatic carbocycles. The van der Waals surface area contributed by atoms with Gasteiger partial charge >= 0.3 is 0 Å². The zero-order valence-corrected chi connectivity index (χ0v) is 13.9. The molecule has 1 heterocycles. The van der Waals surface area contributed by atoms with Crippen LogP contribution < -0.4 is 0 Å². The van der Waals surface area contributed by atoms with Crippen molar-refractivity contribution in [3.8, 4) is 0 Å². The molecule has 1 aliphatic heterocycles. The van der Waals surface area contributed by atoms with Gasteiger partial charge in [-0.25, -0.2) is 0 Å². The molecule has 0 aromatic carbocycles. The van der Waals surface area contributed by atoms with Crippen LogP contribution in [-0.2, 0) is 0 Å². The van der Waals surface area contributed by atoms with Gasteiger partial charge in [0.15, 0.2) is 0 Å². The molecule has 0 amide bonds. The van der Waals surface area contributed by atoms with Crippen LogP contribution in [0.5, 0.6) is 0 Å². The van der Waals surface area contributed by atoms with Gasteiger partial charge in [-0.1, -0.05) is 27.7 Å². The van der Waals surface area contributed by atoms with E-state index in [1.165, 1.54) is 25.8 Å². The SMILES string of the molecule is CCN(CC)C1CCN(C2CC(C(C)C)CCC2O)C1. The minimum Gasteiger partial charge on any atom is -0.391 e. The molecule has 4 unspecified atom stereocenters. The van der Waals surface area contributed by atoms with Crippen molar-refractivity contribution in [2.75, 3.05) is 26.2 Å². The molecule has 0 spiro atoms. The number of hydrogen-bond donors (Lipinski definition) is 1. The van der Waals surface area contributed by atoms with Crippen LogP contribution in [0, 0.1) is 11.8 Å². The summed E-state index contributed by atoms with van der Waals surface area (Å²) in [5.41, 5.74) is 0. The summed E-state index contributed by atoms with van der Waals surface area (Å²) in [6.45, 7) is 13.8. The quantitative estimate of drug-likeness (QED) is 0.839. The van der Waals surface area contributed by atoms with Gasteiger partial charge in [0.25, 0.3) is 0 Å². The summed E-state index contributed by atoms with van der Waals surface area (Å²) in [6.07, 6.45) is 4.59. The lowest BCUT2D eigenvalue weighted by Crippen LogP contribution is -2.48. The molecule has 118 valence electrons. The highest BCUT2D eigenvalue weighted by Crippen LogP contribution is 2.34. The molecule has 2 aliphatic rings. The normalized spacial score (nSPS) is 36.1. The van der Waals surface area contributed by atoms with Crippen molar-refractivity contribution < 1.29 is 5.11 Å². The monoisotopic (exact) mass is 282 g/mol. The third-order valence-corrected chi connectivity index (χ3v) is 5.76. The molecular formula is C17H34N2O. The molecule has 1 N–H and O–H groups in total. The summed E-state index contributed by atoms with van der Waals surface area (Å²) in [5.74, 6) is 1.56. The first-order chi connectivity index (χ1) is 9.56. The Morgan fingerprint density at radius 1 is 1.15 bits per heavy atom. The average molecular weight is 282 g/mol. The topological polar surface area (TPSA) is 26.7 Å². The van der Waals surface area contributed by atoms with Gasteiger partial charge in [-0.3, -0.25) is 9.80 Å². The maximum Gasteiger partial charge on any atom is 0.0695 e. The van der Waals surface area contributed by atoms with E-state index in [4.69, 9.17) is 0 Å². The van der Waals surface area contributed by atoms with Gasteiger partial charge in [0.05, 0.1) is 6.10 Å². The number of hydrogen-bond acceptors (Lipinski definition) is 3. The van der Waals surface area contributed by atoms with E-state index in [9.17, 15) is 5.11 Å². The van der Waals surface area contributed by atoms with Crippen molar-refractivity contribution >= 4 is 0 Å². The summed E-state index contributed by atoms with van der Waals surface area (Å²) in [6, 6.07) is 1.12. The van der Waals surface area contributed by atoms with Crippen LogP contribution in [0.3, 0.4) is 0 Å². The molecule has 20 heavy (non-hydrogen) atoms. The molecule has 0 aromatic rings. The largest absolute Gasteiger partial charge is 0.391 e. The molecule has 2 fully saturated rings. The van der Waals surface area contributed by atoms with E-state index in [2.05, 4.69) is 37.5 Å². The van der Waals surface area contributed by atoms with Crippen molar-refractivity contribution in [3.05, 3.63) is 0 Å². The van der Waals surface area contributed by atoms with E-state index in [0.29, 0.717) is 12.1 Å². The Bertz CT molecular complexity index is 291. The Hall–Kier alpha value is -0.120. The average Bonchev–Trinajstić information content (AvgIpc) is 2.90. The predicted octanol–water partition coefficient (Wildman–Crippen LogP) is 2.59.